The second kappa shape index (κ2) is 6.90. The molecule has 5 nitrogen and oxygen atoms in total. The first kappa shape index (κ1) is 15.1. The van der Waals surface area contributed by atoms with Crippen molar-refractivity contribution in [2.24, 2.45) is 0 Å². The molecule has 0 fully saturated rings. The van der Waals surface area contributed by atoms with E-state index in [0.29, 0.717) is 6.54 Å². The van der Waals surface area contributed by atoms with Crippen LogP contribution < -0.4 is 0 Å². The number of likely N-dealkylation sites (N-methyl/N-ethyl adjacent to an activating group) is 1. The fourth-order valence-electron chi connectivity index (χ4n) is 1.71. The lowest BCUT2D eigenvalue weighted by Crippen LogP contribution is -2.30. The molecule has 0 saturated carbocycles. The Kier molecular flexibility index (Phi) is 4.94. The summed E-state index contributed by atoms with van der Waals surface area (Å²) >= 11 is 1.56. The first-order valence-electron chi connectivity index (χ1n) is 6.28. The highest BCUT2D eigenvalue weighted by Gasteiger charge is 2.16. The number of benzene rings is 1. The Balaban J connectivity index is 1.86. The van der Waals surface area contributed by atoms with Crippen LogP contribution in [0, 0.1) is 0 Å². The van der Waals surface area contributed by atoms with E-state index in [1.54, 1.807) is 30.5 Å². The number of amides is 1. The Morgan fingerprint density at radius 3 is 2.71 bits per heavy atom. The molecule has 0 bridgehead atoms. The molecule has 0 radical (unpaired) electrons. The number of hydrogen-bond donors (Lipinski definition) is 1. The smallest absolute Gasteiger partial charge is 0.342 e. The summed E-state index contributed by atoms with van der Waals surface area (Å²) in [5.41, 5.74) is 1.08. The topological polar surface area (TPSA) is 66.8 Å². The van der Waals surface area contributed by atoms with Gasteiger partial charge in [-0.05, 0) is 34.5 Å². The number of phenols is 1. The normalized spacial score (nSPS) is 10.1. The monoisotopic (exact) mass is 305 g/mol. The predicted molar refractivity (Wildman–Crippen MR) is 79.2 cm³/mol. The highest BCUT2D eigenvalue weighted by Crippen LogP contribution is 2.16. The second-order valence-electron chi connectivity index (χ2n) is 4.47. The Bertz CT molecular complexity index is 624. The number of hydrogen-bond acceptors (Lipinski definition) is 5. The molecule has 0 unspecified atom stereocenters. The number of ether oxygens (including phenoxy) is 1. The lowest BCUT2D eigenvalue weighted by molar-refractivity contribution is -0.133. The molecule has 1 aromatic heterocycles. The maximum absolute atomic E-state index is 11.9. The van der Waals surface area contributed by atoms with Crippen molar-refractivity contribution in [2.45, 2.75) is 6.54 Å². The molecule has 0 aliphatic rings. The summed E-state index contributed by atoms with van der Waals surface area (Å²) in [7, 11) is 1.65. The fraction of sp³-hybridized carbons (Fsp3) is 0.200. The fourth-order valence-corrected chi connectivity index (χ4v) is 2.37. The van der Waals surface area contributed by atoms with Crippen molar-refractivity contribution in [1.82, 2.24) is 4.90 Å². The van der Waals surface area contributed by atoms with Crippen LogP contribution >= 0.6 is 11.3 Å². The van der Waals surface area contributed by atoms with Gasteiger partial charge in [-0.2, -0.15) is 11.3 Å². The average Bonchev–Trinajstić information content (AvgIpc) is 2.97. The molecule has 1 aromatic carbocycles. The minimum Gasteiger partial charge on any atom is -0.507 e. The van der Waals surface area contributed by atoms with Crippen molar-refractivity contribution in [3.63, 3.8) is 0 Å². The number of para-hydroxylation sites is 1. The van der Waals surface area contributed by atoms with Crippen LogP contribution in [0.2, 0.25) is 0 Å². The van der Waals surface area contributed by atoms with Crippen LogP contribution in [-0.2, 0) is 16.1 Å². The summed E-state index contributed by atoms with van der Waals surface area (Å²) in [5, 5.41) is 13.4. The van der Waals surface area contributed by atoms with E-state index < -0.39 is 5.97 Å². The van der Waals surface area contributed by atoms with Crippen molar-refractivity contribution in [3.05, 3.63) is 52.2 Å². The lowest BCUT2D eigenvalue weighted by Gasteiger charge is -2.16. The molecule has 6 heteroatoms. The Morgan fingerprint density at radius 2 is 2.05 bits per heavy atom. The molecule has 2 rings (SSSR count). The van der Waals surface area contributed by atoms with Crippen molar-refractivity contribution in [2.75, 3.05) is 13.7 Å². The number of aromatic hydroxyl groups is 1. The molecule has 1 N–H and O–H groups in total. The molecule has 2 aromatic rings. The maximum atomic E-state index is 11.9. The van der Waals surface area contributed by atoms with Gasteiger partial charge in [-0.3, -0.25) is 4.79 Å². The largest absolute Gasteiger partial charge is 0.507 e. The van der Waals surface area contributed by atoms with Gasteiger partial charge < -0.3 is 14.7 Å². The van der Waals surface area contributed by atoms with E-state index in [9.17, 15) is 14.7 Å². The molecule has 0 saturated heterocycles. The quantitative estimate of drug-likeness (QED) is 0.861. The third kappa shape index (κ3) is 4.06. The molecule has 21 heavy (non-hydrogen) atoms. The zero-order valence-corrected chi connectivity index (χ0v) is 12.3. The van der Waals surface area contributed by atoms with Gasteiger partial charge in [-0.25, -0.2) is 4.79 Å². The SMILES string of the molecule is CN(Cc1ccsc1)C(=O)COC(=O)c1ccccc1O. The van der Waals surface area contributed by atoms with E-state index in [0.717, 1.165) is 5.56 Å². The van der Waals surface area contributed by atoms with E-state index in [1.165, 1.54) is 17.0 Å². The van der Waals surface area contributed by atoms with E-state index in [1.807, 2.05) is 16.8 Å². The highest BCUT2D eigenvalue weighted by molar-refractivity contribution is 7.07. The average molecular weight is 305 g/mol. The molecule has 0 atom stereocenters. The van der Waals surface area contributed by atoms with Gasteiger partial charge in [0.2, 0.25) is 0 Å². The molecule has 0 aliphatic carbocycles. The van der Waals surface area contributed by atoms with Gasteiger partial charge in [0.1, 0.15) is 11.3 Å². The van der Waals surface area contributed by atoms with Crippen LogP contribution in [0.25, 0.3) is 0 Å². The van der Waals surface area contributed by atoms with Gasteiger partial charge >= 0.3 is 5.97 Å². The number of carbonyl (C=O) groups is 2. The van der Waals surface area contributed by atoms with Gasteiger partial charge in [0.05, 0.1) is 0 Å². The van der Waals surface area contributed by atoms with Gasteiger partial charge in [0, 0.05) is 13.6 Å². The van der Waals surface area contributed by atoms with Crippen LogP contribution in [0.3, 0.4) is 0 Å². The van der Waals surface area contributed by atoms with Crippen molar-refractivity contribution >= 4 is 23.2 Å². The zero-order chi connectivity index (χ0) is 15.2. The van der Waals surface area contributed by atoms with Crippen LogP contribution in [0.4, 0.5) is 0 Å². The van der Waals surface area contributed by atoms with Gasteiger partial charge in [0.15, 0.2) is 6.61 Å². The summed E-state index contributed by atoms with van der Waals surface area (Å²) in [6.45, 7) is 0.115. The molecule has 110 valence electrons. The van der Waals surface area contributed by atoms with Crippen molar-refractivity contribution < 1.29 is 19.4 Å². The summed E-state index contributed by atoms with van der Waals surface area (Å²) in [6.07, 6.45) is 0. The summed E-state index contributed by atoms with van der Waals surface area (Å²) < 4.78 is 4.92. The molecule has 1 amide bonds. The summed E-state index contributed by atoms with van der Waals surface area (Å²) in [6, 6.07) is 7.98. The Morgan fingerprint density at radius 1 is 1.29 bits per heavy atom. The lowest BCUT2D eigenvalue weighted by atomic mass is 10.2. The van der Waals surface area contributed by atoms with Gasteiger partial charge in [0.25, 0.3) is 5.91 Å². The van der Waals surface area contributed by atoms with Gasteiger partial charge in [-0.15, -0.1) is 0 Å². The van der Waals surface area contributed by atoms with Crippen LogP contribution in [0.5, 0.6) is 5.75 Å². The number of esters is 1. The van der Waals surface area contributed by atoms with E-state index in [4.69, 9.17) is 4.74 Å². The molecule has 0 spiro atoms. The third-order valence-electron chi connectivity index (χ3n) is 2.88. The van der Waals surface area contributed by atoms with Crippen LogP contribution in [-0.4, -0.2) is 35.5 Å². The number of phenolic OH excluding ortho intramolecular Hbond substituents is 1. The van der Waals surface area contributed by atoms with Crippen molar-refractivity contribution in [3.8, 4) is 5.75 Å². The minimum atomic E-state index is -0.717. The van der Waals surface area contributed by atoms with E-state index in [-0.39, 0.29) is 23.8 Å². The molecular weight excluding hydrogens is 290 g/mol. The summed E-state index contributed by atoms with van der Waals surface area (Å²) in [4.78, 5) is 25.1. The molecule has 0 aliphatic heterocycles. The zero-order valence-electron chi connectivity index (χ0n) is 11.5. The van der Waals surface area contributed by atoms with Gasteiger partial charge in [-0.1, -0.05) is 12.1 Å². The van der Waals surface area contributed by atoms with E-state index in [2.05, 4.69) is 0 Å². The van der Waals surface area contributed by atoms with Crippen LogP contribution in [0.1, 0.15) is 15.9 Å². The number of thiophene rings is 1. The molecular formula is C15H15NO4S. The standard InChI is InChI=1S/C15H15NO4S/c1-16(8-11-6-7-21-10-11)14(18)9-20-15(19)12-4-2-3-5-13(12)17/h2-7,10,17H,8-9H2,1H3. The highest BCUT2D eigenvalue weighted by atomic mass is 32.1. The Hall–Kier alpha value is -2.34. The number of rotatable bonds is 5. The summed E-state index contributed by atoms with van der Waals surface area (Å²) in [5.74, 6) is -1.18. The van der Waals surface area contributed by atoms with Crippen LogP contribution in [0.15, 0.2) is 41.1 Å². The van der Waals surface area contributed by atoms with E-state index >= 15 is 0 Å². The maximum Gasteiger partial charge on any atom is 0.342 e. The minimum absolute atomic E-state index is 0.0470. The number of carbonyl (C=O) groups excluding carboxylic acids is 2. The third-order valence-corrected chi connectivity index (χ3v) is 3.61. The first-order chi connectivity index (χ1) is 10.1. The Labute approximate surface area is 126 Å². The second-order valence-corrected chi connectivity index (χ2v) is 5.25. The first-order valence-corrected chi connectivity index (χ1v) is 7.22. The molecule has 1 heterocycles. The number of nitrogens with zero attached hydrogens (tertiary/aromatic N) is 1. The van der Waals surface area contributed by atoms with Crippen molar-refractivity contribution in [1.29, 1.82) is 0 Å². The predicted octanol–water partition coefficient (Wildman–Crippen LogP) is 2.27.